The van der Waals surface area contributed by atoms with Gasteiger partial charge in [-0.2, -0.15) is 0 Å². The molecule has 0 aromatic heterocycles. The number of fused-ring (bicyclic) bond motifs is 1. The lowest BCUT2D eigenvalue weighted by Gasteiger charge is -2.46. The van der Waals surface area contributed by atoms with Crippen LogP contribution in [0.2, 0.25) is 0 Å². The van der Waals surface area contributed by atoms with Crippen molar-refractivity contribution in [3.05, 3.63) is 29.3 Å². The Hall–Kier alpha value is -1.02. The Morgan fingerprint density at radius 2 is 2.10 bits per heavy atom. The molecule has 3 rings (SSSR count). The van der Waals surface area contributed by atoms with Crippen LogP contribution in [0.3, 0.4) is 0 Å². The molecule has 110 valence electrons. The minimum absolute atomic E-state index is 0.536. The van der Waals surface area contributed by atoms with Gasteiger partial charge < -0.3 is 5.73 Å². The molecule has 0 radical (unpaired) electrons. The molecule has 2 nitrogen and oxygen atoms in total. The quantitative estimate of drug-likeness (QED) is 0.787. The van der Waals surface area contributed by atoms with E-state index < -0.39 is 0 Å². The number of anilines is 1. The van der Waals surface area contributed by atoms with Crippen LogP contribution in [0, 0.1) is 11.3 Å². The first-order valence-corrected chi connectivity index (χ1v) is 8.06. The van der Waals surface area contributed by atoms with Gasteiger partial charge in [0.05, 0.1) is 0 Å². The van der Waals surface area contributed by atoms with Crippen molar-refractivity contribution in [2.75, 3.05) is 12.3 Å². The lowest BCUT2D eigenvalue weighted by Crippen LogP contribution is -2.46. The van der Waals surface area contributed by atoms with Crippen molar-refractivity contribution >= 4 is 5.69 Å². The summed E-state index contributed by atoms with van der Waals surface area (Å²) >= 11 is 0. The zero-order chi connectivity index (χ0) is 14.3. The minimum Gasteiger partial charge on any atom is -0.398 e. The van der Waals surface area contributed by atoms with Crippen molar-refractivity contribution < 1.29 is 0 Å². The second-order valence-corrected chi connectivity index (χ2v) is 7.66. The van der Waals surface area contributed by atoms with Gasteiger partial charge in [0, 0.05) is 24.8 Å². The number of nitrogens with zero attached hydrogens (tertiary/aromatic N) is 1. The van der Waals surface area contributed by atoms with Gasteiger partial charge in [-0.25, -0.2) is 0 Å². The molecule has 1 fully saturated rings. The molecule has 2 unspecified atom stereocenters. The first kappa shape index (κ1) is 13.9. The van der Waals surface area contributed by atoms with Gasteiger partial charge in [0.2, 0.25) is 0 Å². The molecule has 1 aromatic carbocycles. The van der Waals surface area contributed by atoms with Crippen LogP contribution in [0.4, 0.5) is 5.69 Å². The standard InChI is InChI=1S/C18H28N2/c1-13-11-18(2,3)9-7-17(13)20-10-8-15-14(12-20)5-4-6-16(15)19/h4-6,13,17H,7-12,19H2,1-3H3. The lowest BCUT2D eigenvalue weighted by atomic mass is 9.70. The van der Waals surface area contributed by atoms with Gasteiger partial charge in [-0.05, 0) is 54.2 Å². The summed E-state index contributed by atoms with van der Waals surface area (Å²) in [7, 11) is 0. The van der Waals surface area contributed by atoms with Crippen LogP contribution in [0.25, 0.3) is 0 Å². The van der Waals surface area contributed by atoms with Crippen LogP contribution in [0.15, 0.2) is 18.2 Å². The lowest BCUT2D eigenvalue weighted by molar-refractivity contribution is 0.0518. The Morgan fingerprint density at radius 3 is 2.85 bits per heavy atom. The fourth-order valence-electron chi connectivity index (χ4n) is 4.42. The van der Waals surface area contributed by atoms with Crippen molar-refractivity contribution in [2.45, 2.75) is 59.0 Å². The van der Waals surface area contributed by atoms with E-state index >= 15 is 0 Å². The van der Waals surface area contributed by atoms with Gasteiger partial charge in [-0.15, -0.1) is 0 Å². The van der Waals surface area contributed by atoms with Crippen LogP contribution in [-0.2, 0) is 13.0 Å². The Balaban J connectivity index is 1.74. The molecule has 0 spiro atoms. The zero-order valence-electron chi connectivity index (χ0n) is 13.2. The number of hydrogen-bond acceptors (Lipinski definition) is 2. The topological polar surface area (TPSA) is 29.3 Å². The van der Waals surface area contributed by atoms with Crippen LogP contribution in [0.5, 0.6) is 0 Å². The number of benzene rings is 1. The summed E-state index contributed by atoms with van der Waals surface area (Å²) in [4.78, 5) is 2.71. The number of hydrogen-bond donors (Lipinski definition) is 1. The first-order chi connectivity index (χ1) is 9.46. The second-order valence-electron chi connectivity index (χ2n) is 7.66. The van der Waals surface area contributed by atoms with Gasteiger partial charge in [-0.1, -0.05) is 32.9 Å². The van der Waals surface area contributed by atoms with E-state index in [1.54, 1.807) is 0 Å². The van der Waals surface area contributed by atoms with Crippen LogP contribution in [0.1, 0.15) is 51.2 Å². The average Bonchev–Trinajstić information content (AvgIpc) is 2.37. The second kappa shape index (κ2) is 5.07. The largest absolute Gasteiger partial charge is 0.398 e. The van der Waals surface area contributed by atoms with E-state index in [1.165, 1.54) is 36.9 Å². The Labute approximate surface area is 123 Å². The number of rotatable bonds is 1. The van der Waals surface area contributed by atoms with E-state index in [0.717, 1.165) is 30.6 Å². The molecule has 1 aliphatic carbocycles. The predicted molar refractivity (Wildman–Crippen MR) is 85.6 cm³/mol. The Morgan fingerprint density at radius 1 is 1.30 bits per heavy atom. The molecular formula is C18H28N2. The third-order valence-corrected chi connectivity index (χ3v) is 5.45. The summed E-state index contributed by atoms with van der Waals surface area (Å²) in [6.07, 6.45) is 5.20. The molecule has 1 saturated carbocycles. The van der Waals surface area contributed by atoms with Crippen LogP contribution >= 0.6 is 0 Å². The monoisotopic (exact) mass is 272 g/mol. The number of nitrogens with two attached hydrogens (primary N) is 1. The highest BCUT2D eigenvalue weighted by molar-refractivity contribution is 5.51. The molecule has 2 N–H and O–H groups in total. The minimum atomic E-state index is 0.536. The van der Waals surface area contributed by atoms with Crippen molar-refractivity contribution in [1.82, 2.24) is 4.90 Å². The molecule has 2 aliphatic rings. The van der Waals surface area contributed by atoms with Gasteiger partial charge >= 0.3 is 0 Å². The molecule has 0 amide bonds. The third-order valence-electron chi connectivity index (χ3n) is 5.45. The SMILES string of the molecule is CC1CC(C)(C)CCC1N1CCc2c(N)cccc2C1. The molecule has 2 atom stereocenters. The molecule has 20 heavy (non-hydrogen) atoms. The fourth-order valence-corrected chi connectivity index (χ4v) is 4.42. The summed E-state index contributed by atoms with van der Waals surface area (Å²) in [5, 5.41) is 0. The van der Waals surface area contributed by atoms with E-state index in [0.29, 0.717) is 5.41 Å². The first-order valence-electron chi connectivity index (χ1n) is 8.06. The molecule has 1 heterocycles. The highest BCUT2D eigenvalue weighted by atomic mass is 15.2. The summed E-state index contributed by atoms with van der Waals surface area (Å²) in [6, 6.07) is 7.17. The van der Waals surface area contributed by atoms with E-state index in [9.17, 15) is 0 Å². The summed E-state index contributed by atoms with van der Waals surface area (Å²) < 4.78 is 0. The van der Waals surface area contributed by atoms with Crippen molar-refractivity contribution in [1.29, 1.82) is 0 Å². The molecular weight excluding hydrogens is 244 g/mol. The van der Waals surface area contributed by atoms with Gasteiger partial charge in [-0.3, -0.25) is 4.90 Å². The molecule has 0 saturated heterocycles. The third kappa shape index (κ3) is 2.58. The Bertz CT molecular complexity index is 492. The summed E-state index contributed by atoms with van der Waals surface area (Å²) in [6.45, 7) is 9.56. The predicted octanol–water partition coefficient (Wildman–Crippen LogP) is 3.84. The summed E-state index contributed by atoms with van der Waals surface area (Å²) in [5.41, 5.74) is 10.5. The zero-order valence-corrected chi connectivity index (χ0v) is 13.2. The van der Waals surface area contributed by atoms with Crippen molar-refractivity contribution in [2.24, 2.45) is 11.3 Å². The average molecular weight is 272 g/mol. The van der Waals surface area contributed by atoms with E-state index in [-0.39, 0.29) is 0 Å². The fraction of sp³-hybridized carbons (Fsp3) is 0.667. The molecule has 1 aliphatic heterocycles. The normalized spacial score (nSPS) is 29.9. The maximum absolute atomic E-state index is 6.11. The highest BCUT2D eigenvalue weighted by Gasteiger charge is 2.36. The van der Waals surface area contributed by atoms with E-state index in [1.807, 2.05) is 6.07 Å². The van der Waals surface area contributed by atoms with Crippen molar-refractivity contribution in [3.8, 4) is 0 Å². The van der Waals surface area contributed by atoms with Crippen molar-refractivity contribution in [3.63, 3.8) is 0 Å². The van der Waals surface area contributed by atoms with Crippen LogP contribution in [-0.4, -0.2) is 17.5 Å². The Kier molecular flexibility index (Phi) is 3.53. The highest BCUT2D eigenvalue weighted by Crippen LogP contribution is 2.41. The molecule has 2 heteroatoms. The van der Waals surface area contributed by atoms with Crippen LogP contribution < -0.4 is 5.73 Å². The molecule has 0 bridgehead atoms. The maximum Gasteiger partial charge on any atom is 0.0350 e. The maximum atomic E-state index is 6.11. The molecule has 1 aromatic rings. The number of nitrogen functional groups attached to an aromatic ring is 1. The van der Waals surface area contributed by atoms with E-state index in [4.69, 9.17) is 5.73 Å². The van der Waals surface area contributed by atoms with Gasteiger partial charge in [0.1, 0.15) is 0 Å². The van der Waals surface area contributed by atoms with E-state index in [2.05, 4.69) is 37.8 Å². The smallest absolute Gasteiger partial charge is 0.0350 e. The van der Waals surface area contributed by atoms with Gasteiger partial charge in [0.25, 0.3) is 0 Å². The summed E-state index contributed by atoms with van der Waals surface area (Å²) in [5.74, 6) is 0.807. The van der Waals surface area contributed by atoms with Gasteiger partial charge in [0.15, 0.2) is 0 Å².